The molecule has 4 rings (SSSR count). The molecule has 2 N–H and O–H groups in total. The van der Waals surface area contributed by atoms with Crippen LogP contribution in [0.15, 0.2) is 42.7 Å². The second-order valence-electron chi connectivity index (χ2n) is 9.54. The van der Waals surface area contributed by atoms with Crippen molar-refractivity contribution in [3.8, 4) is 0 Å². The van der Waals surface area contributed by atoms with Gasteiger partial charge in [0.1, 0.15) is 11.4 Å². The number of rotatable bonds is 6. The maximum atomic E-state index is 12.1. The number of hydrogen-bond acceptors (Lipinski definition) is 8. The quantitative estimate of drug-likeness (QED) is 0.460. The summed E-state index contributed by atoms with van der Waals surface area (Å²) in [7, 11) is 0. The lowest BCUT2D eigenvalue weighted by Crippen LogP contribution is -2.50. The summed E-state index contributed by atoms with van der Waals surface area (Å²) in [6.07, 6.45) is 2.91. The van der Waals surface area contributed by atoms with Gasteiger partial charge in [-0.05, 0) is 58.4 Å². The van der Waals surface area contributed by atoms with Gasteiger partial charge in [-0.3, -0.25) is 4.98 Å². The molecule has 0 aliphatic rings. The van der Waals surface area contributed by atoms with Crippen LogP contribution in [0.2, 0.25) is 0 Å². The minimum atomic E-state index is -0.573. The molecule has 10 nitrogen and oxygen atoms in total. The highest BCUT2D eigenvalue weighted by Gasteiger charge is 2.24. The minimum Gasteiger partial charge on any atom is -0.444 e. The molecule has 0 unspecified atom stereocenters. The molecule has 0 saturated carbocycles. The summed E-state index contributed by atoms with van der Waals surface area (Å²) in [6, 6.07) is 10.0. The highest BCUT2D eigenvalue weighted by Crippen LogP contribution is 2.17. The van der Waals surface area contributed by atoms with E-state index >= 15 is 0 Å². The molecule has 33 heavy (non-hydrogen) atoms. The molecule has 0 bridgehead atoms. The molecular formula is C23H28N8O2. The van der Waals surface area contributed by atoms with E-state index in [0.29, 0.717) is 30.2 Å². The summed E-state index contributed by atoms with van der Waals surface area (Å²) in [6.45, 7) is 10.2. The summed E-state index contributed by atoms with van der Waals surface area (Å²) in [5.41, 5.74) is 1.91. The zero-order valence-electron chi connectivity index (χ0n) is 19.5. The number of benzene rings is 1. The fourth-order valence-electron chi connectivity index (χ4n) is 3.28. The van der Waals surface area contributed by atoms with Crippen molar-refractivity contribution >= 4 is 34.1 Å². The molecule has 0 aliphatic carbocycles. The van der Waals surface area contributed by atoms with Crippen molar-refractivity contribution in [1.82, 2.24) is 35.3 Å². The largest absolute Gasteiger partial charge is 0.444 e. The van der Waals surface area contributed by atoms with Crippen LogP contribution in [0.3, 0.4) is 0 Å². The zero-order valence-corrected chi connectivity index (χ0v) is 19.5. The van der Waals surface area contributed by atoms with Gasteiger partial charge in [-0.15, -0.1) is 5.10 Å². The molecule has 1 amide bonds. The van der Waals surface area contributed by atoms with Gasteiger partial charge in [0.15, 0.2) is 5.65 Å². The predicted octanol–water partition coefficient (Wildman–Crippen LogP) is 3.53. The van der Waals surface area contributed by atoms with Gasteiger partial charge >= 0.3 is 6.09 Å². The van der Waals surface area contributed by atoms with Crippen molar-refractivity contribution in [2.24, 2.45) is 0 Å². The van der Waals surface area contributed by atoms with E-state index in [0.717, 1.165) is 16.5 Å². The molecule has 10 heteroatoms. The molecule has 4 aromatic rings. The summed E-state index contributed by atoms with van der Waals surface area (Å²) >= 11 is 0. The van der Waals surface area contributed by atoms with E-state index < -0.39 is 17.2 Å². The van der Waals surface area contributed by atoms with Crippen LogP contribution in [0.4, 0.5) is 10.6 Å². The van der Waals surface area contributed by atoms with Gasteiger partial charge in [0.05, 0.1) is 23.8 Å². The second kappa shape index (κ2) is 8.61. The van der Waals surface area contributed by atoms with Crippen LogP contribution in [-0.2, 0) is 11.3 Å². The number of carbonyl (C=O) groups is 1. The Morgan fingerprint density at radius 2 is 1.94 bits per heavy atom. The Bertz CT molecular complexity index is 1290. The number of amides is 1. The number of anilines is 1. The Hall–Kier alpha value is -3.82. The lowest BCUT2D eigenvalue weighted by atomic mass is 10.1. The number of ether oxygens (including phenoxy) is 1. The number of carbonyl (C=O) groups excluding carboxylic acids is 1. The number of fused-ring (bicyclic) bond motifs is 2. The van der Waals surface area contributed by atoms with E-state index in [-0.39, 0.29) is 0 Å². The highest BCUT2D eigenvalue weighted by molar-refractivity contribution is 5.79. The fourth-order valence-corrected chi connectivity index (χ4v) is 3.28. The van der Waals surface area contributed by atoms with Crippen molar-refractivity contribution in [2.45, 2.75) is 52.3 Å². The highest BCUT2D eigenvalue weighted by atomic mass is 16.6. The van der Waals surface area contributed by atoms with Crippen LogP contribution in [0.25, 0.3) is 22.2 Å². The van der Waals surface area contributed by atoms with Gasteiger partial charge < -0.3 is 15.4 Å². The maximum absolute atomic E-state index is 12.1. The number of nitrogens with one attached hydrogen (secondary N) is 2. The Kier molecular flexibility index (Phi) is 5.84. The lowest BCUT2D eigenvalue weighted by molar-refractivity contribution is 0.0478. The summed E-state index contributed by atoms with van der Waals surface area (Å²) < 4.78 is 7.06. The van der Waals surface area contributed by atoms with Gasteiger partial charge in [0, 0.05) is 18.1 Å². The van der Waals surface area contributed by atoms with Crippen molar-refractivity contribution in [3.63, 3.8) is 0 Å². The van der Waals surface area contributed by atoms with Gasteiger partial charge in [0.25, 0.3) is 0 Å². The molecule has 0 aliphatic heterocycles. The van der Waals surface area contributed by atoms with Gasteiger partial charge in [-0.2, -0.15) is 0 Å². The Morgan fingerprint density at radius 3 is 2.73 bits per heavy atom. The number of pyridine rings is 1. The van der Waals surface area contributed by atoms with Crippen LogP contribution in [0, 0.1) is 0 Å². The monoisotopic (exact) mass is 448 g/mol. The van der Waals surface area contributed by atoms with E-state index in [4.69, 9.17) is 4.74 Å². The number of aromatic nitrogens is 6. The van der Waals surface area contributed by atoms with E-state index in [9.17, 15) is 4.79 Å². The van der Waals surface area contributed by atoms with Crippen LogP contribution < -0.4 is 10.6 Å². The number of alkyl carbamates (subject to hydrolysis) is 1. The van der Waals surface area contributed by atoms with Crippen molar-refractivity contribution in [3.05, 3.63) is 48.3 Å². The van der Waals surface area contributed by atoms with Gasteiger partial charge in [-0.25, -0.2) is 19.4 Å². The molecule has 0 atom stereocenters. The third-order valence-corrected chi connectivity index (χ3v) is 4.78. The SMILES string of the molecule is CC(C)(CNc1cnc2nnn(Cc3ccc4ncccc4c3)c2n1)NC(=O)OC(C)(C)C. The zero-order chi connectivity index (χ0) is 23.6. The number of hydrogen-bond donors (Lipinski definition) is 2. The smallest absolute Gasteiger partial charge is 0.408 e. The van der Waals surface area contributed by atoms with E-state index in [1.165, 1.54) is 0 Å². The first-order valence-electron chi connectivity index (χ1n) is 10.7. The Labute approximate surface area is 191 Å². The first-order chi connectivity index (χ1) is 15.6. The number of nitrogens with zero attached hydrogens (tertiary/aromatic N) is 6. The van der Waals surface area contributed by atoms with E-state index in [2.05, 4.69) is 42.0 Å². The average molecular weight is 449 g/mol. The van der Waals surface area contributed by atoms with Crippen LogP contribution >= 0.6 is 0 Å². The van der Waals surface area contributed by atoms with Crippen molar-refractivity contribution in [2.75, 3.05) is 11.9 Å². The minimum absolute atomic E-state index is 0.422. The fraction of sp³-hybridized carbons (Fsp3) is 0.391. The molecule has 0 fully saturated rings. The maximum Gasteiger partial charge on any atom is 0.408 e. The van der Waals surface area contributed by atoms with Crippen molar-refractivity contribution < 1.29 is 9.53 Å². The molecule has 3 aromatic heterocycles. The van der Waals surface area contributed by atoms with Gasteiger partial charge in [-0.1, -0.05) is 17.3 Å². The normalized spacial score (nSPS) is 12.2. The third-order valence-electron chi connectivity index (χ3n) is 4.78. The van der Waals surface area contributed by atoms with E-state index in [1.807, 2.05) is 58.9 Å². The topological polar surface area (TPSA) is 120 Å². The Balaban J connectivity index is 1.46. The lowest BCUT2D eigenvalue weighted by Gasteiger charge is -2.28. The van der Waals surface area contributed by atoms with E-state index in [1.54, 1.807) is 17.1 Å². The molecule has 0 saturated heterocycles. The molecule has 1 aromatic carbocycles. The molecule has 0 spiro atoms. The predicted molar refractivity (Wildman–Crippen MR) is 126 cm³/mol. The summed E-state index contributed by atoms with van der Waals surface area (Å²) in [5, 5.41) is 15.5. The van der Waals surface area contributed by atoms with Crippen LogP contribution in [0.1, 0.15) is 40.2 Å². The first kappa shape index (κ1) is 22.4. The Morgan fingerprint density at radius 1 is 1.12 bits per heavy atom. The summed E-state index contributed by atoms with van der Waals surface area (Å²) in [5.74, 6) is 0.563. The molecule has 3 heterocycles. The van der Waals surface area contributed by atoms with Crippen molar-refractivity contribution in [1.29, 1.82) is 0 Å². The summed E-state index contributed by atoms with van der Waals surface area (Å²) in [4.78, 5) is 25.5. The van der Waals surface area contributed by atoms with Gasteiger partial charge in [0.2, 0.25) is 5.65 Å². The average Bonchev–Trinajstić information content (AvgIpc) is 3.12. The molecular weight excluding hydrogens is 420 g/mol. The second-order valence-corrected chi connectivity index (χ2v) is 9.54. The third kappa shape index (κ3) is 5.71. The van der Waals surface area contributed by atoms with Crippen LogP contribution in [-0.4, -0.2) is 53.7 Å². The van der Waals surface area contributed by atoms with Crippen LogP contribution in [0.5, 0.6) is 0 Å². The first-order valence-corrected chi connectivity index (χ1v) is 10.7. The standard InChI is InChI=1S/C23H28N8O2/c1-22(2,3)33-21(32)28-23(4,5)14-26-18-12-25-19-20(27-18)31(30-29-19)13-15-8-9-17-16(11-15)7-6-10-24-17/h6-12H,13-14H2,1-5H3,(H,26,27)(H,28,32). The molecule has 172 valence electrons. The molecule has 0 radical (unpaired) electrons.